The van der Waals surface area contributed by atoms with Gasteiger partial charge in [0.15, 0.2) is 0 Å². The van der Waals surface area contributed by atoms with Crippen LogP contribution in [0.3, 0.4) is 0 Å². The summed E-state index contributed by atoms with van der Waals surface area (Å²) in [5.41, 5.74) is -0.0311. The van der Waals surface area contributed by atoms with Crippen LogP contribution in [0.2, 0.25) is 5.02 Å². The van der Waals surface area contributed by atoms with Crippen LogP contribution in [0, 0.1) is 0 Å². The van der Waals surface area contributed by atoms with E-state index in [4.69, 9.17) is 16.3 Å². The second kappa shape index (κ2) is 9.75. The van der Waals surface area contributed by atoms with Gasteiger partial charge in [-0.05, 0) is 43.7 Å². The summed E-state index contributed by atoms with van der Waals surface area (Å²) in [5.74, 6) is -1.05. The minimum atomic E-state index is -4.20. The first-order valence-electron chi connectivity index (χ1n) is 9.00. The van der Waals surface area contributed by atoms with Crippen molar-refractivity contribution in [2.24, 2.45) is 0 Å². The topological polar surface area (TPSA) is 94.5 Å². The van der Waals surface area contributed by atoms with E-state index in [-0.39, 0.29) is 40.2 Å². The fourth-order valence-electron chi connectivity index (χ4n) is 2.61. The van der Waals surface area contributed by atoms with Gasteiger partial charge in [-0.15, -0.1) is 0 Å². The van der Waals surface area contributed by atoms with Gasteiger partial charge in [-0.3, -0.25) is 4.79 Å². The summed E-state index contributed by atoms with van der Waals surface area (Å²) in [6.07, 6.45) is 4.12. The minimum absolute atomic E-state index is 0.106. The number of amides is 1. The highest BCUT2D eigenvalue weighted by atomic mass is 35.5. The molecule has 0 aliphatic heterocycles. The normalized spacial score (nSPS) is 11.2. The fourth-order valence-corrected chi connectivity index (χ4v) is 4.35. The van der Waals surface area contributed by atoms with E-state index in [1.165, 1.54) is 36.5 Å². The molecule has 2 aromatic rings. The molecule has 2 rings (SSSR count). The molecule has 0 unspecified atom stereocenters. The Balaban J connectivity index is 2.41. The average Bonchev–Trinajstić information content (AvgIpc) is 3.14. The van der Waals surface area contributed by atoms with Crippen molar-refractivity contribution in [3.8, 4) is 0 Å². The summed E-state index contributed by atoms with van der Waals surface area (Å²) >= 11 is 6.00. The zero-order chi connectivity index (χ0) is 20.7. The van der Waals surface area contributed by atoms with Crippen molar-refractivity contribution in [3.05, 3.63) is 47.2 Å². The molecule has 0 saturated heterocycles. The van der Waals surface area contributed by atoms with Gasteiger partial charge < -0.3 is 10.1 Å². The highest BCUT2D eigenvalue weighted by Crippen LogP contribution is 2.28. The molecule has 0 radical (unpaired) electrons. The Morgan fingerprint density at radius 2 is 1.93 bits per heavy atom. The van der Waals surface area contributed by atoms with Gasteiger partial charge in [-0.1, -0.05) is 31.4 Å². The zero-order valence-electron chi connectivity index (χ0n) is 15.8. The molecule has 7 nitrogen and oxygen atoms in total. The van der Waals surface area contributed by atoms with Crippen LogP contribution >= 0.6 is 11.6 Å². The lowest BCUT2D eigenvalue weighted by molar-refractivity contribution is -0.116. The molecule has 0 aliphatic carbocycles. The van der Waals surface area contributed by atoms with E-state index in [2.05, 4.69) is 5.32 Å². The molecule has 0 atom stereocenters. The second-order valence-corrected chi connectivity index (χ2v) is 8.28. The van der Waals surface area contributed by atoms with Gasteiger partial charge in [0, 0.05) is 17.6 Å². The molecule has 28 heavy (non-hydrogen) atoms. The molecule has 0 saturated carbocycles. The number of rotatable bonds is 9. The van der Waals surface area contributed by atoms with Gasteiger partial charge in [-0.2, -0.15) is 0 Å². The van der Waals surface area contributed by atoms with Crippen LogP contribution in [0.15, 0.2) is 41.4 Å². The lowest BCUT2D eigenvalue weighted by atomic mass is 10.2. The first kappa shape index (κ1) is 22.0. The van der Waals surface area contributed by atoms with Gasteiger partial charge in [0.05, 0.1) is 12.3 Å². The van der Waals surface area contributed by atoms with Crippen LogP contribution in [0.4, 0.5) is 5.69 Å². The maximum Gasteiger partial charge on any atom is 0.355 e. The van der Waals surface area contributed by atoms with Crippen molar-refractivity contribution in [3.63, 3.8) is 0 Å². The molecule has 1 heterocycles. The summed E-state index contributed by atoms with van der Waals surface area (Å²) in [7, 11) is -4.20. The predicted molar refractivity (Wildman–Crippen MR) is 107 cm³/mol. The number of unbranched alkanes of at least 4 members (excludes halogenated alkanes) is 2. The van der Waals surface area contributed by atoms with Gasteiger partial charge in [0.2, 0.25) is 5.91 Å². The van der Waals surface area contributed by atoms with Gasteiger partial charge >= 0.3 is 5.97 Å². The molecule has 152 valence electrons. The zero-order valence-corrected chi connectivity index (χ0v) is 17.3. The van der Waals surface area contributed by atoms with Crippen LogP contribution in [-0.2, 0) is 19.6 Å². The third-order valence-electron chi connectivity index (χ3n) is 3.96. The molecular weight excluding hydrogens is 404 g/mol. The van der Waals surface area contributed by atoms with Crippen LogP contribution in [0.5, 0.6) is 0 Å². The monoisotopic (exact) mass is 426 g/mol. The molecule has 9 heteroatoms. The number of ether oxygens (including phenoxy) is 1. The molecule has 0 aliphatic rings. The number of aromatic nitrogens is 1. The molecule has 0 bridgehead atoms. The fraction of sp³-hybridized carbons (Fsp3) is 0.368. The Labute approximate surface area is 169 Å². The molecule has 1 amide bonds. The first-order chi connectivity index (χ1) is 13.3. The van der Waals surface area contributed by atoms with Crippen molar-refractivity contribution in [2.75, 3.05) is 11.9 Å². The number of nitrogens with zero attached hydrogens (tertiary/aromatic N) is 1. The van der Waals surface area contributed by atoms with E-state index >= 15 is 0 Å². The smallest absolute Gasteiger partial charge is 0.355 e. The van der Waals surface area contributed by atoms with Gasteiger partial charge in [-0.25, -0.2) is 17.2 Å². The second-order valence-electron chi connectivity index (χ2n) is 6.06. The average molecular weight is 427 g/mol. The number of hydrogen-bond donors (Lipinski definition) is 1. The molecule has 1 aromatic heterocycles. The highest BCUT2D eigenvalue weighted by Gasteiger charge is 2.27. The Morgan fingerprint density at radius 3 is 2.61 bits per heavy atom. The van der Waals surface area contributed by atoms with E-state index in [0.717, 1.165) is 16.8 Å². The lowest BCUT2D eigenvalue weighted by Gasteiger charge is -2.15. The van der Waals surface area contributed by atoms with Gasteiger partial charge in [0.1, 0.15) is 10.6 Å². The first-order valence-corrected chi connectivity index (χ1v) is 10.8. The standard InChI is InChI=1S/C19H23ClN2O5S/c1-3-5-6-9-18(23)21-15-11-10-14(20)13-17(15)28(25,26)22-12-7-8-16(22)19(24)27-4-2/h7-8,10-13H,3-6,9H2,1-2H3,(H,21,23). The number of halogens is 1. The maximum atomic E-state index is 13.2. The molecule has 0 fully saturated rings. The lowest BCUT2D eigenvalue weighted by Crippen LogP contribution is -2.21. The summed E-state index contributed by atoms with van der Waals surface area (Å²) in [6.45, 7) is 3.77. The summed E-state index contributed by atoms with van der Waals surface area (Å²) in [5, 5.41) is 2.82. The SMILES string of the molecule is CCCCCC(=O)Nc1ccc(Cl)cc1S(=O)(=O)n1cccc1C(=O)OCC. The third-order valence-corrected chi connectivity index (χ3v) is 5.92. The number of carbonyl (C=O) groups excluding carboxylic acids is 2. The Kier molecular flexibility index (Phi) is 7.65. The molecule has 0 spiro atoms. The minimum Gasteiger partial charge on any atom is -0.461 e. The number of esters is 1. The van der Waals surface area contributed by atoms with Crippen molar-refractivity contribution < 1.29 is 22.7 Å². The van der Waals surface area contributed by atoms with Gasteiger partial charge in [0.25, 0.3) is 10.0 Å². The number of carbonyl (C=O) groups is 2. The number of anilines is 1. The molecule has 1 aromatic carbocycles. The quantitative estimate of drug-likeness (QED) is 0.481. The Bertz CT molecular complexity index is 953. The van der Waals surface area contributed by atoms with E-state index in [1.54, 1.807) is 6.92 Å². The summed E-state index contributed by atoms with van der Waals surface area (Å²) in [4.78, 5) is 24.1. The predicted octanol–water partition coefficient (Wildman–Crippen LogP) is 4.07. The summed E-state index contributed by atoms with van der Waals surface area (Å²) in [6, 6.07) is 6.94. The van der Waals surface area contributed by atoms with E-state index in [1.807, 2.05) is 6.92 Å². The van der Waals surface area contributed by atoms with E-state index in [9.17, 15) is 18.0 Å². The van der Waals surface area contributed by atoms with Crippen LogP contribution in [0.1, 0.15) is 50.0 Å². The Hall–Kier alpha value is -2.32. The molecule has 1 N–H and O–H groups in total. The van der Waals surface area contributed by atoms with Crippen LogP contribution in [-0.4, -0.2) is 30.9 Å². The van der Waals surface area contributed by atoms with Crippen LogP contribution < -0.4 is 5.32 Å². The highest BCUT2D eigenvalue weighted by molar-refractivity contribution is 7.90. The van der Waals surface area contributed by atoms with Crippen molar-refractivity contribution in [1.29, 1.82) is 0 Å². The summed E-state index contributed by atoms with van der Waals surface area (Å²) < 4.78 is 32.1. The third kappa shape index (κ3) is 5.14. The number of nitrogens with one attached hydrogen (secondary N) is 1. The number of hydrogen-bond acceptors (Lipinski definition) is 5. The van der Waals surface area contributed by atoms with Crippen molar-refractivity contribution in [2.45, 2.75) is 44.4 Å². The van der Waals surface area contributed by atoms with E-state index in [0.29, 0.717) is 6.42 Å². The largest absolute Gasteiger partial charge is 0.461 e. The number of benzene rings is 1. The van der Waals surface area contributed by atoms with Crippen molar-refractivity contribution >= 4 is 39.2 Å². The van der Waals surface area contributed by atoms with E-state index < -0.39 is 16.0 Å². The Morgan fingerprint density at radius 1 is 1.18 bits per heavy atom. The molecular formula is C19H23ClN2O5S. The van der Waals surface area contributed by atoms with Crippen LogP contribution in [0.25, 0.3) is 0 Å². The van der Waals surface area contributed by atoms with Crippen molar-refractivity contribution in [1.82, 2.24) is 3.97 Å². The maximum absolute atomic E-state index is 13.2.